The van der Waals surface area contributed by atoms with E-state index in [0.29, 0.717) is 29.3 Å². The quantitative estimate of drug-likeness (QED) is 0.253. The minimum atomic E-state index is -0.0264. The number of imidazole rings is 1. The smallest absolute Gasteiger partial charge is 0.224 e. The van der Waals surface area contributed by atoms with Crippen LogP contribution in [0.3, 0.4) is 0 Å². The van der Waals surface area contributed by atoms with E-state index in [1.165, 1.54) is 4.88 Å². The number of benzene rings is 1. The number of carbonyl (C=O) groups excluding carboxylic acids is 1. The second-order valence-electron chi connectivity index (χ2n) is 9.07. The highest BCUT2D eigenvalue weighted by atomic mass is 32.1. The third-order valence-electron chi connectivity index (χ3n) is 5.89. The van der Waals surface area contributed by atoms with Crippen LogP contribution in [0.15, 0.2) is 66.4 Å². The minimum absolute atomic E-state index is 0.0264. The van der Waals surface area contributed by atoms with Gasteiger partial charge in [-0.1, -0.05) is 32.0 Å². The summed E-state index contributed by atoms with van der Waals surface area (Å²) in [4.78, 5) is 30.6. The van der Waals surface area contributed by atoms with Crippen molar-refractivity contribution in [1.82, 2.24) is 30.1 Å². The fourth-order valence-corrected chi connectivity index (χ4v) is 5.02. The van der Waals surface area contributed by atoms with Gasteiger partial charge in [-0.2, -0.15) is 5.10 Å². The van der Waals surface area contributed by atoms with Crippen LogP contribution >= 0.6 is 11.3 Å². The van der Waals surface area contributed by atoms with E-state index in [1.54, 1.807) is 29.9 Å². The number of hydrogen-bond donors (Lipinski definition) is 3. The number of amides is 1. The van der Waals surface area contributed by atoms with Crippen LogP contribution in [0.25, 0.3) is 55.2 Å². The molecule has 1 aromatic carbocycles. The summed E-state index contributed by atoms with van der Waals surface area (Å²) in [5.74, 6) is 0.931. The first-order valence-corrected chi connectivity index (χ1v) is 12.6. The number of thiophene rings is 1. The Labute approximate surface area is 210 Å². The van der Waals surface area contributed by atoms with Gasteiger partial charge in [-0.25, -0.2) is 9.97 Å². The lowest BCUT2D eigenvalue weighted by Gasteiger charge is -2.08. The van der Waals surface area contributed by atoms with Crippen molar-refractivity contribution >= 4 is 45.0 Å². The molecule has 0 saturated carbocycles. The Bertz CT molecular complexity index is 1700. The molecule has 0 unspecified atom stereocenters. The van der Waals surface area contributed by atoms with Crippen molar-refractivity contribution in [2.45, 2.75) is 20.3 Å². The van der Waals surface area contributed by atoms with Gasteiger partial charge in [0.25, 0.3) is 0 Å². The van der Waals surface area contributed by atoms with Crippen molar-refractivity contribution < 1.29 is 4.79 Å². The van der Waals surface area contributed by atoms with Gasteiger partial charge < -0.3 is 10.3 Å². The lowest BCUT2D eigenvalue weighted by atomic mass is 10.1. The first-order chi connectivity index (χ1) is 17.5. The zero-order valence-electron chi connectivity index (χ0n) is 19.7. The van der Waals surface area contributed by atoms with Gasteiger partial charge in [0.1, 0.15) is 5.69 Å². The summed E-state index contributed by atoms with van der Waals surface area (Å²) in [5, 5.41) is 13.4. The highest BCUT2D eigenvalue weighted by Gasteiger charge is 2.17. The topological polar surface area (TPSA) is 112 Å². The third kappa shape index (κ3) is 4.14. The minimum Gasteiger partial charge on any atom is -0.337 e. The number of para-hydroxylation sites is 1. The van der Waals surface area contributed by atoms with Gasteiger partial charge in [0.15, 0.2) is 11.5 Å². The normalized spacial score (nSPS) is 11.5. The molecule has 0 aliphatic rings. The van der Waals surface area contributed by atoms with Crippen LogP contribution < -0.4 is 5.32 Å². The number of rotatable bonds is 6. The van der Waals surface area contributed by atoms with Crippen LogP contribution in [0.4, 0.5) is 5.69 Å². The van der Waals surface area contributed by atoms with Crippen molar-refractivity contribution in [2.75, 3.05) is 5.32 Å². The summed E-state index contributed by atoms with van der Waals surface area (Å²) in [5.41, 5.74) is 6.69. The highest BCUT2D eigenvalue weighted by molar-refractivity contribution is 7.13. The predicted molar refractivity (Wildman–Crippen MR) is 144 cm³/mol. The first-order valence-electron chi connectivity index (χ1n) is 11.7. The van der Waals surface area contributed by atoms with Crippen molar-refractivity contribution in [3.63, 3.8) is 0 Å². The molecule has 0 atom stereocenters. The van der Waals surface area contributed by atoms with Gasteiger partial charge >= 0.3 is 0 Å². The lowest BCUT2D eigenvalue weighted by molar-refractivity contribution is -0.116. The van der Waals surface area contributed by atoms with Crippen LogP contribution in [-0.4, -0.2) is 36.0 Å². The van der Waals surface area contributed by atoms with Gasteiger partial charge in [0.2, 0.25) is 5.91 Å². The molecule has 5 heterocycles. The van der Waals surface area contributed by atoms with Crippen LogP contribution in [0.5, 0.6) is 0 Å². The number of H-pyrrole nitrogens is 2. The number of carbonyl (C=O) groups is 1. The Morgan fingerprint density at radius 2 is 1.97 bits per heavy atom. The Hall–Kier alpha value is -4.37. The second-order valence-corrected chi connectivity index (χ2v) is 10.0. The maximum atomic E-state index is 12.2. The molecule has 0 saturated heterocycles. The zero-order valence-corrected chi connectivity index (χ0v) is 20.6. The number of hydrogen-bond acceptors (Lipinski definition) is 6. The van der Waals surface area contributed by atoms with Gasteiger partial charge in [-0.05, 0) is 35.6 Å². The summed E-state index contributed by atoms with van der Waals surface area (Å²) in [6, 6.07) is 14.2. The standard InChI is InChI=1S/C27H23N7OS/c1-15(2)9-23(35)30-18-10-16(12-28-14-18)17-11-20-25(33-34-26(20)29-13-17)27-31-21-6-3-5-19(24(21)32-27)22-7-4-8-36-22/h3-8,10-15H,9H2,1-2H3,(H,30,35)(H,31,32)(H,29,33,34). The zero-order chi connectivity index (χ0) is 24.6. The summed E-state index contributed by atoms with van der Waals surface area (Å²) >= 11 is 1.69. The molecule has 0 spiro atoms. The monoisotopic (exact) mass is 493 g/mol. The molecule has 0 aliphatic carbocycles. The first kappa shape index (κ1) is 22.1. The van der Waals surface area contributed by atoms with Crippen LogP contribution in [0, 0.1) is 5.92 Å². The number of nitrogens with zero attached hydrogens (tertiary/aromatic N) is 4. The molecule has 5 aromatic heterocycles. The average Bonchev–Trinajstić information content (AvgIpc) is 3.62. The van der Waals surface area contributed by atoms with E-state index in [1.807, 2.05) is 44.2 Å². The highest BCUT2D eigenvalue weighted by Crippen LogP contribution is 2.34. The number of aromatic amines is 2. The Morgan fingerprint density at radius 1 is 1.08 bits per heavy atom. The molecule has 9 heteroatoms. The number of anilines is 1. The largest absolute Gasteiger partial charge is 0.337 e. The Kier molecular flexibility index (Phi) is 5.54. The fraction of sp³-hybridized carbons (Fsp3) is 0.148. The number of nitrogens with one attached hydrogen (secondary N) is 3. The Balaban J connectivity index is 1.38. The summed E-state index contributed by atoms with van der Waals surface area (Å²) in [7, 11) is 0. The Morgan fingerprint density at radius 3 is 2.81 bits per heavy atom. The van der Waals surface area contributed by atoms with Gasteiger partial charge in [0, 0.05) is 40.4 Å². The molecule has 36 heavy (non-hydrogen) atoms. The second kappa shape index (κ2) is 9.01. The maximum Gasteiger partial charge on any atom is 0.224 e. The molecule has 8 nitrogen and oxygen atoms in total. The third-order valence-corrected chi connectivity index (χ3v) is 6.79. The van der Waals surface area contributed by atoms with Crippen LogP contribution in [-0.2, 0) is 4.79 Å². The lowest BCUT2D eigenvalue weighted by Crippen LogP contribution is -2.13. The molecule has 0 bridgehead atoms. The van der Waals surface area contributed by atoms with Gasteiger partial charge in [-0.15, -0.1) is 11.3 Å². The summed E-state index contributed by atoms with van der Waals surface area (Å²) < 4.78 is 0. The van der Waals surface area contributed by atoms with E-state index in [4.69, 9.17) is 4.98 Å². The molecule has 0 aliphatic heterocycles. The van der Waals surface area contributed by atoms with Crippen molar-refractivity contribution in [3.8, 4) is 33.1 Å². The molecule has 0 fully saturated rings. The number of pyridine rings is 2. The molecule has 3 N–H and O–H groups in total. The van der Waals surface area contributed by atoms with Crippen molar-refractivity contribution in [1.29, 1.82) is 0 Å². The van der Waals surface area contributed by atoms with Crippen molar-refractivity contribution in [2.24, 2.45) is 5.92 Å². The average molecular weight is 494 g/mol. The molecule has 6 aromatic rings. The van der Waals surface area contributed by atoms with Crippen LogP contribution in [0.1, 0.15) is 20.3 Å². The van der Waals surface area contributed by atoms with E-state index in [-0.39, 0.29) is 11.8 Å². The molecule has 1 amide bonds. The summed E-state index contributed by atoms with van der Waals surface area (Å²) in [6.07, 6.45) is 5.64. The molecular formula is C27H23N7OS. The maximum absolute atomic E-state index is 12.2. The molecular weight excluding hydrogens is 470 g/mol. The van der Waals surface area contributed by atoms with E-state index in [0.717, 1.165) is 33.1 Å². The van der Waals surface area contributed by atoms with E-state index < -0.39 is 0 Å². The van der Waals surface area contributed by atoms with Gasteiger partial charge in [0.05, 0.1) is 28.3 Å². The fourth-order valence-electron chi connectivity index (χ4n) is 4.27. The molecule has 6 rings (SSSR count). The summed E-state index contributed by atoms with van der Waals surface area (Å²) in [6.45, 7) is 4.03. The number of aromatic nitrogens is 6. The van der Waals surface area contributed by atoms with Crippen molar-refractivity contribution in [3.05, 3.63) is 66.4 Å². The molecule has 0 radical (unpaired) electrons. The number of fused-ring (bicyclic) bond motifs is 2. The predicted octanol–water partition coefficient (Wildman–Crippen LogP) is 6.28. The van der Waals surface area contributed by atoms with E-state index in [2.05, 4.69) is 48.0 Å². The van der Waals surface area contributed by atoms with E-state index >= 15 is 0 Å². The van der Waals surface area contributed by atoms with Crippen LogP contribution in [0.2, 0.25) is 0 Å². The SMILES string of the molecule is CC(C)CC(=O)Nc1cncc(-c2cnc3[nH]nc(-c4nc5c(-c6cccs6)cccc5[nH]4)c3c2)c1. The van der Waals surface area contributed by atoms with E-state index in [9.17, 15) is 4.79 Å². The molecule has 178 valence electrons. The van der Waals surface area contributed by atoms with Gasteiger partial charge in [-0.3, -0.25) is 14.9 Å².